The summed E-state index contributed by atoms with van der Waals surface area (Å²) in [7, 11) is -3.40. The van der Waals surface area contributed by atoms with Crippen LogP contribution in [0, 0.1) is 6.92 Å². The fourth-order valence-electron chi connectivity index (χ4n) is 1.06. The number of rotatable bonds is 2. The topological polar surface area (TPSA) is 86.7 Å². The number of phenols is 1. The average Bonchev–Trinajstić information content (AvgIpc) is 2.06. The van der Waals surface area contributed by atoms with Gasteiger partial charge in [-0.15, -0.1) is 0 Å². The fourth-order valence-corrected chi connectivity index (χ4v) is 1.73. The van der Waals surface area contributed by atoms with Crippen LogP contribution >= 0.6 is 0 Å². The summed E-state index contributed by atoms with van der Waals surface area (Å²) in [4.78, 5) is -0.658. The average molecular weight is 256 g/mol. The maximum atomic E-state index is 10.7. The van der Waals surface area contributed by atoms with Crippen LogP contribution in [0.4, 0.5) is 0 Å². The van der Waals surface area contributed by atoms with Gasteiger partial charge < -0.3 is 14.4 Å². The molecule has 0 saturated heterocycles. The monoisotopic (exact) mass is 256 g/mol. The van der Waals surface area contributed by atoms with E-state index >= 15 is 0 Å². The Morgan fingerprint density at radius 2 is 1.93 bits per heavy atom. The first-order valence-electron chi connectivity index (χ1n) is 3.69. The zero-order chi connectivity index (χ0) is 10.9. The maximum Gasteiger partial charge on any atom is 1.00 e. The van der Waals surface area contributed by atoms with Crippen molar-refractivity contribution in [2.45, 2.75) is 11.8 Å². The largest absolute Gasteiger partial charge is 1.00 e. The molecular formula is C8H9KO5S. The van der Waals surface area contributed by atoms with Crippen LogP contribution in [0.15, 0.2) is 17.0 Å². The Morgan fingerprint density at radius 3 is 2.33 bits per heavy atom. The molecule has 0 aromatic heterocycles. The van der Waals surface area contributed by atoms with Gasteiger partial charge in [-0.2, -0.15) is 0 Å². The van der Waals surface area contributed by atoms with Gasteiger partial charge >= 0.3 is 51.4 Å². The van der Waals surface area contributed by atoms with Gasteiger partial charge in [-0.1, -0.05) is 0 Å². The summed E-state index contributed by atoms with van der Waals surface area (Å²) in [6, 6.07) is 2.53. The van der Waals surface area contributed by atoms with Crippen LogP contribution in [0.3, 0.4) is 0 Å². The number of benzene rings is 1. The van der Waals surface area contributed by atoms with E-state index in [2.05, 4.69) is 0 Å². The van der Waals surface area contributed by atoms with E-state index in [1.165, 1.54) is 13.2 Å². The molecule has 1 rings (SSSR count). The van der Waals surface area contributed by atoms with Crippen molar-refractivity contribution >= 4 is 10.1 Å². The molecule has 15 heavy (non-hydrogen) atoms. The summed E-state index contributed by atoms with van der Waals surface area (Å²) >= 11 is 0. The SMILES string of the molecule is COc1cc(C)cc(S(=O)(=O)[O-])c1O.[K+]. The van der Waals surface area contributed by atoms with Crippen molar-refractivity contribution < 1.29 is 74.2 Å². The normalized spacial score (nSPS) is 10.6. The summed E-state index contributed by atoms with van der Waals surface area (Å²) in [5, 5.41) is 9.34. The quantitative estimate of drug-likeness (QED) is 0.471. The molecule has 0 aliphatic rings. The van der Waals surface area contributed by atoms with E-state index in [-0.39, 0.29) is 57.1 Å². The van der Waals surface area contributed by atoms with Crippen molar-refractivity contribution in [3.8, 4) is 11.5 Å². The maximum absolute atomic E-state index is 10.7. The standard InChI is InChI=1S/C8H10O5S.K/c1-5-3-6(13-2)8(9)7(4-5)14(10,11)12;/h3-4,9H,1-2H3,(H,10,11,12);/q;+1/p-1. The minimum absolute atomic E-state index is 0. The molecule has 0 saturated carbocycles. The molecule has 78 valence electrons. The van der Waals surface area contributed by atoms with Crippen molar-refractivity contribution in [2.24, 2.45) is 0 Å². The molecule has 0 amide bonds. The summed E-state index contributed by atoms with van der Waals surface area (Å²) in [5.74, 6) is -0.674. The van der Waals surface area contributed by atoms with Crippen molar-refractivity contribution in [1.82, 2.24) is 0 Å². The molecule has 1 N–H and O–H groups in total. The fraction of sp³-hybridized carbons (Fsp3) is 0.250. The molecule has 0 heterocycles. The molecule has 5 nitrogen and oxygen atoms in total. The van der Waals surface area contributed by atoms with Crippen LogP contribution in [0.1, 0.15) is 5.56 Å². The van der Waals surface area contributed by atoms with E-state index in [1.54, 1.807) is 6.92 Å². The van der Waals surface area contributed by atoms with Crippen LogP contribution in [0.5, 0.6) is 11.5 Å². The van der Waals surface area contributed by atoms with Crippen LogP contribution in [-0.4, -0.2) is 25.2 Å². The molecule has 0 bridgehead atoms. The van der Waals surface area contributed by atoms with E-state index in [0.29, 0.717) is 5.56 Å². The van der Waals surface area contributed by atoms with Gasteiger partial charge in [0.1, 0.15) is 15.0 Å². The Labute approximate surface area is 131 Å². The molecule has 0 aliphatic heterocycles. The summed E-state index contributed by atoms with van der Waals surface area (Å²) in [6.45, 7) is 1.59. The first-order valence-corrected chi connectivity index (χ1v) is 5.10. The predicted molar refractivity (Wildman–Crippen MR) is 47.4 cm³/mol. The number of hydrogen-bond donors (Lipinski definition) is 1. The number of methoxy groups -OCH3 is 1. The minimum atomic E-state index is -4.67. The number of phenolic OH excluding ortho intramolecular Hbond substituents is 1. The molecule has 1 aromatic rings. The van der Waals surface area contributed by atoms with Crippen LogP contribution < -0.4 is 56.1 Å². The van der Waals surface area contributed by atoms with Crippen molar-refractivity contribution in [1.29, 1.82) is 0 Å². The Morgan fingerprint density at radius 1 is 1.40 bits per heavy atom. The Balaban J connectivity index is 0.00000196. The molecule has 0 fully saturated rings. The van der Waals surface area contributed by atoms with Crippen LogP contribution in [0.2, 0.25) is 0 Å². The van der Waals surface area contributed by atoms with E-state index in [0.717, 1.165) is 6.07 Å². The van der Waals surface area contributed by atoms with Gasteiger partial charge in [0.15, 0.2) is 11.5 Å². The second-order valence-electron chi connectivity index (χ2n) is 2.77. The zero-order valence-electron chi connectivity index (χ0n) is 8.64. The molecule has 0 unspecified atom stereocenters. The third-order valence-electron chi connectivity index (χ3n) is 1.67. The number of aryl methyl sites for hydroxylation is 1. The van der Waals surface area contributed by atoms with Gasteiger partial charge in [0.25, 0.3) is 0 Å². The smallest absolute Gasteiger partial charge is 0.744 e. The summed E-state index contributed by atoms with van der Waals surface area (Å²) < 4.78 is 36.8. The molecule has 0 atom stereocenters. The second-order valence-corrected chi connectivity index (χ2v) is 4.12. The number of ether oxygens (including phenoxy) is 1. The molecule has 7 heteroatoms. The summed E-state index contributed by atoms with van der Waals surface area (Å²) in [6.07, 6.45) is 0. The molecule has 0 radical (unpaired) electrons. The van der Waals surface area contributed by atoms with E-state index in [9.17, 15) is 18.1 Å². The number of hydrogen-bond acceptors (Lipinski definition) is 5. The predicted octanol–water partition coefficient (Wildman–Crippen LogP) is -2.38. The Hall–Kier alpha value is 0.366. The first-order chi connectivity index (χ1) is 6.36. The summed E-state index contributed by atoms with van der Waals surface area (Å²) in [5.41, 5.74) is 0.522. The van der Waals surface area contributed by atoms with Crippen molar-refractivity contribution in [3.63, 3.8) is 0 Å². The number of aromatic hydroxyl groups is 1. The van der Waals surface area contributed by atoms with Crippen LogP contribution in [-0.2, 0) is 10.1 Å². The van der Waals surface area contributed by atoms with Gasteiger partial charge in [-0.3, -0.25) is 0 Å². The zero-order valence-corrected chi connectivity index (χ0v) is 12.6. The second kappa shape index (κ2) is 5.62. The van der Waals surface area contributed by atoms with Crippen molar-refractivity contribution in [3.05, 3.63) is 17.7 Å². The molecule has 0 spiro atoms. The van der Waals surface area contributed by atoms with Crippen molar-refractivity contribution in [2.75, 3.05) is 7.11 Å². The first kappa shape index (κ1) is 15.4. The third kappa shape index (κ3) is 3.70. The minimum Gasteiger partial charge on any atom is -0.744 e. The molecule has 1 aromatic carbocycles. The van der Waals surface area contributed by atoms with E-state index < -0.39 is 20.8 Å². The van der Waals surface area contributed by atoms with E-state index in [1.807, 2.05) is 0 Å². The van der Waals surface area contributed by atoms with Gasteiger partial charge in [0.05, 0.1) is 7.11 Å². The van der Waals surface area contributed by atoms with Crippen LogP contribution in [0.25, 0.3) is 0 Å². The van der Waals surface area contributed by atoms with Gasteiger partial charge in [-0.25, -0.2) is 8.42 Å². The Kier molecular flexibility index (Phi) is 5.76. The van der Waals surface area contributed by atoms with Gasteiger partial charge in [0.2, 0.25) is 0 Å². The molecular weight excluding hydrogens is 247 g/mol. The Bertz CT molecular complexity index is 454. The third-order valence-corrected chi connectivity index (χ3v) is 2.52. The van der Waals surface area contributed by atoms with Gasteiger partial charge in [-0.05, 0) is 24.6 Å². The molecule has 0 aliphatic carbocycles. The van der Waals surface area contributed by atoms with Gasteiger partial charge in [0, 0.05) is 0 Å². The van der Waals surface area contributed by atoms with E-state index in [4.69, 9.17) is 4.74 Å².